The van der Waals surface area contributed by atoms with E-state index in [0.29, 0.717) is 12.0 Å². The molecular formula is C23H32O4. The van der Waals surface area contributed by atoms with E-state index in [2.05, 4.69) is 5.73 Å². The van der Waals surface area contributed by atoms with Crippen molar-refractivity contribution in [2.75, 3.05) is 7.11 Å². The van der Waals surface area contributed by atoms with Crippen LogP contribution in [-0.2, 0) is 25.5 Å². The monoisotopic (exact) mass is 372 g/mol. The first kappa shape index (κ1) is 22.7. The largest absolute Gasteiger partial charge is 0.465 e. The Balaban J connectivity index is 3.21. The summed E-state index contributed by atoms with van der Waals surface area (Å²) in [5.41, 5.74) is 3.96. The van der Waals surface area contributed by atoms with E-state index in [9.17, 15) is 9.59 Å². The number of ether oxygens (including phenoxy) is 2. The number of esters is 2. The van der Waals surface area contributed by atoms with Gasteiger partial charge in [-0.05, 0) is 23.3 Å². The SMILES string of the molecule is COC(=O)C(=C=C(C)C(=O)OC(C(C)(C)C)C(C)(C)C)Cc1ccccc1. The van der Waals surface area contributed by atoms with Gasteiger partial charge in [-0.2, -0.15) is 0 Å². The molecule has 1 rings (SSSR count). The van der Waals surface area contributed by atoms with E-state index in [1.807, 2.05) is 71.9 Å². The average molecular weight is 373 g/mol. The summed E-state index contributed by atoms with van der Waals surface area (Å²) in [6.45, 7) is 13.9. The van der Waals surface area contributed by atoms with Crippen molar-refractivity contribution in [3.63, 3.8) is 0 Å². The fraction of sp³-hybridized carbons (Fsp3) is 0.522. The van der Waals surface area contributed by atoms with Gasteiger partial charge in [-0.1, -0.05) is 77.6 Å². The molecule has 0 atom stereocenters. The molecule has 27 heavy (non-hydrogen) atoms. The predicted molar refractivity (Wildman–Crippen MR) is 107 cm³/mol. The minimum Gasteiger partial charge on any atom is -0.465 e. The second-order valence-electron chi connectivity index (χ2n) is 8.90. The molecule has 0 aliphatic rings. The van der Waals surface area contributed by atoms with E-state index in [1.165, 1.54) is 7.11 Å². The molecule has 0 N–H and O–H groups in total. The lowest BCUT2D eigenvalue weighted by Gasteiger charge is -2.39. The van der Waals surface area contributed by atoms with Crippen LogP contribution < -0.4 is 0 Å². The van der Waals surface area contributed by atoms with Crippen molar-refractivity contribution < 1.29 is 19.1 Å². The molecule has 0 heterocycles. The molecule has 0 radical (unpaired) electrons. The van der Waals surface area contributed by atoms with E-state index < -0.39 is 11.9 Å². The Labute approximate surface area is 163 Å². The number of rotatable bonds is 5. The van der Waals surface area contributed by atoms with Crippen molar-refractivity contribution in [1.29, 1.82) is 0 Å². The number of hydrogen-bond donors (Lipinski definition) is 0. The van der Waals surface area contributed by atoms with Crippen LogP contribution in [0.2, 0.25) is 0 Å². The second kappa shape index (κ2) is 9.05. The summed E-state index contributed by atoms with van der Waals surface area (Å²) in [7, 11) is 1.32. The van der Waals surface area contributed by atoms with Crippen LogP contribution in [0.25, 0.3) is 0 Å². The summed E-state index contributed by atoms with van der Waals surface area (Å²) in [4.78, 5) is 24.8. The third-order valence-electron chi connectivity index (χ3n) is 4.10. The highest BCUT2D eigenvalue weighted by Crippen LogP contribution is 2.36. The molecule has 0 aliphatic heterocycles. The van der Waals surface area contributed by atoms with Crippen molar-refractivity contribution in [1.82, 2.24) is 0 Å². The third-order valence-corrected chi connectivity index (χ3v) is 4.10. The van der Waals surface area contributed by atoms with Gasteiger partial charge in [0, 0.05) is 6.42 Å². The highest BCUT2D eigenvalue weighted by atomic mass is 16.5. The van der Waals surface area contributed by atoms with Crippen molar-refractivity contribution in [2.45, 2.75) is 61.0 Å². The van der Waals surface area contributed by atoms with Gasteiger partial charge in [-0.25, -0.2) is 9.59 Å². The zero-order valence-corrected chi connectivity index (χ0v) is 17.8. The Hall–Kier alpha value is -2.32. The Morgan fingerprint density at radius 3 is 1.93 bits per heavy atom. The molecule has 1 aromatic carbocycles. The van der Waals surface area contributed by atoms with Gasteiger partial charge in [0.25, 0.3) is 0 Å². The maximum Gasteiger partial charge on any atom is 0.341 e. The number of carbonyl (C=O) groups excluding carboxylic acids is 2. The molecule has 0 saturated carbocycles. The Kier molecular flexibility index (Phi) is 7.62. The lowest BCUT2D eigenvalue weighted by Crippen LogP contribution is -2.42. The zero-order chi connectivity index (χ0) is 20.8. The molecule has 0 aliphatic carbocycles. The lowest BCUT2D eigenvalue weighted by molar-refractivity contribution is -0.158. The maximum absolute atomic E-state index is 12.7. The Morgan fingerprint density at radius 2 is 1.48 bits per heavy atom. The zero-order valence-electron chi connectivity index (χ0n) is 17.8. The molecule has 0 spiro atoms. The number of hydrogen-bond acceptors (Lipinski definition) is 4. The third kappa shape index (κ3) is 7.07. The van der Waals surface area contributed by atoms with E-state index in [0.717, 1.165) is 5.56 Å². The average Bonchev–Trinajstić information content (AvgIpc) is 2.56. The van der Waals surface area contributed by atoms with Crippen molar-refractivity contribution in [3.8, 4) is 0 Å². The first-order valence-electron chi connectivity index (χ1n) is 9.16. The molecule has 4 nitrogen and oxygen atoms in total. The second-order valence-corrected chi connectivity index (χ2v) is 8.90. The topological polar surface area (TPSA) is 52.6 Å². The maximum atomic E-state index is 12.7. The van der Waals surface area contributed by atoms with Crippen molar-refractivity contribution in [3.05, 3.63) is 52.8 Å². The summed E-state index contributed by atoms with van der Waals surface area (Å²) in [6.07, 6.45) is 0.0464. The van der Waals surface area contributed by atoms with E-state index >= 15 is 0 Å². The standard InChI is InChI=1S/C23H32O4/c1-16(19(24)27-21(22(2,3)4)23(5,6)7)14-18(20(25)26-8)15-17-12-10-9-11-13-17/h9-13,21H,15H2,1-8H3. The molecule has 1 aromatic rings. The van der Waals surface area contributed by atoms with E-state index in [-0.39, 0.29) is 22.5 Å². The molecule has 148 valence electrons. The van der Waals surface area contributed by atoms with Gasteiger partial charge in [-0.15, -0.1) is 0 Å². The Morgan fingerprint density at radius 1 is 0.963 bits per heavy atom. The quantitative estimate of drug-likeness (QED) is 0.420. The van der Waals surface area contributed by atoms with Gasteiger partial charge in [0.05, 0.1) is 18.3 Å². The molecule has 0 unspecified atom stereocenters. The van der Waals surface area contributed by atoms with Crippen LogP contribution in [0.15, 0.2) is 47.2 Å². The summed E-state index contributed by atoms with van der Waals surface area (Å²) in [6, 6.07) is 9.52. The fourth-order valence-corrected chi connectivity index (χ4v) is 3.22. The number of benzene rings is 1. The molecule has 0 bridgehead atoms. The lowest BCUT2D eigenvalue weighted by atomic mass is 9.74. The van der Waals surface area contributed by atoms with Crippen LogP contribution in [0.4, 0.5) is 0 Å². The molecule has 0 aromatic heterocycles. The first-order valence-corrected chi connectivity index (χ1v) is 9.16. The minimum atomic E-state index is -0.505. The minimum absolute atomic E-state index is 0.215. The molecule has 0 fully saturated rings. The molecule has 0 amide bonds. The highest BCUT2D eigenvalue weighted by Gasteiger charge is 2.38. The van der Waals surface area contributed by atoms with Crippen LogP contribution in [0.5, 0.6) is 0 Å². The van der Waals surface area contributed by atoms with Crippen molar-refractivity contribution in [2.24, 2.45) is 10.8 Å². The summed E-state index contributed by atoms with van der Waals surface area (Å²) >= 11 is 0. The van der Waals surface area contributed by atoms with E-state index in [1.54, 1.807) is 6.92 Å². The molecular weight excluding hydrogens is 340 g/mol. The van der Waals surface area contributed by atoms with Crippen LogP contribution in [0.3, 0.4) is 0 Å². The van der Waals surface area contributed by atoms with E-state index in [4.69, 9.17) is 9.47 Å². The van der Waals surface area contributed by atoms with Crippen LogP contribution >= 0.6 is 0 Å². The molecule has 4 heteroatoms. The van der Waals surface area contributed by atoms with Crippen molar-refractivity contribution >= 4 is 11.9 Å². The van der Waals surface area contributed by atoms with Gasteiger partial charge in [0.15, 0.2) is 0 Å². The number of methoxy groups -OCH3 is 1. The normalized spacial score (nSPS) is 11.6. The fourth-order valence-electron chi connectivity index (χ4n) is 3.22. The van der Waals surface area contributed by atoms with Gasteiger partial charge < -0.3 is 9.47 Å². The van der Waals surface area contributed by atoms with Crippen LogP contribution in [0, 0.1) is 10.8 Å². The predicted octanol–water partition coefficient (Wildman–Crippen LogP) is 4.88. The number of carbonyl (C=O) groups is 2. The first-order chi connectivity index (χ1) is 12.4. The van der Waals surface area contributed by atoms with Gasteiger partial charge in [0.2, 0.25) is 0 Å². The highest BCUT2D eigenvalue weighted by molar-refractivity contribution is 5.92. The summed E-state index contributed by atoms with van der Waals surface area (Å²) in [5, 5.41) is 0. The van der Waals surface area contributed by atoms with Gasteiger partial charge >= 0.3 is 11.9 Å². The smallest absolute Gasteiger partial charge is 0.341 e. The Bertz CT molecular complexity index is 710. The van der Waals surface area contributed by atoms with Crippen LogP contribution in [0.1, 0.15) is 54.0 Å². The molecule has 0 saturated heterocycles. The van der Waals surface area contributed by atoms with Gasteiger partial charge in [-0.3, -0.25) is 0 Å². The van der Waals surface area contributed by atoms with Gasteiger partial charge in [0.1, 0.15) is 6.10 Å². The summed E-state index contributed by atoms with van der Waals surface area (Å²) < 4.78 is 10.7. The summed E-state index contributed by atoms with van der Waals surface area (Å²) in [5.74, 6) is -0.978. The van der Waals surface area contributed by atoms with Crippen LogP contribution in [-0.4, -0.2) is 25.2 Å².